The van der Waals surface area contributed by atoms with Gasteiger partial charge >= 0.3 is 6.03 Å². The monoisotopic (exact) mass is 266 g/mol. The Kier molecular flexibility index (Phi) is 4.12. The smallest absolute Gasteiger partial charge is 0.321 e. The molecule has 1 saturated heterocycles. The summed E-state index contributed by atoms with van der Waals surface area (Å²) >= 11 is 5.90. The molecule has 1 heterocycles. The molecule has 98 valence electrons. The maximum Gasteiger partial charge on any atom is 0.321 e. The molecule has 0 saturated carbocycles. The number of rotatable bonds is 1. The van der Waals surface area contributed by atoms with Crippen molar-refractivity contribution in [2.75, 3.05) is 18.4 Å². The fourth-order valence-corrected chi connectivity index (χ4v) is 2.40. The number of halogens is 1. The number of urea groups is 1. The van der Waals surface area contributed by atoms with Crippen molar-refractivity contribution in [2.24, 2.45) is 5.92 Å². The maximum absolute atomic E-state index is 12.1. The van der Waals surface area contributed by atoms with Crippen LogP contribution in [0.4, 0.5) is 10.5 Å². The molecule has 1 aliphatic rings. The van der Waals surface area contributed by atoms with Crippen molar-refractivity contribution in [2.45, 2.75) is 26.7 Å². The molecular weight excluding hydrogens is 248 g/mol. The quantitative estimate of drug-likeness (QED) is 0.821. The Balaban J connectivity index is 1.98. The number of hydrogen-bond acceptors (Lipinski definition) is 1. The van der Waals surface area contributed by atoms with Gasteiger partial charge in [0.15, 0.2) is 0 Å². The summed E-state index contributed by atoms with van der Waals surface area (Å²) in [6.45, 7) is 5.87. The molecule has 0 atom stereocenters. The number of nitrogens with zero attached hydrogens (tertiary/aromatic N) is 1. The molecule has 1 aromatic rings. The van der Waals surface area contributed by atoms with E-state index >= 15 is 0 Å². The summed E-state index contributed by atoms with van der Waals surface area (Å²) in [7, 11) is 0. The minimum atomic E-state index is -0.00711. The fourth-order valence-electron chi connectivity index (χ4n) is 2.17. The summed E-state index contributed by atoms with van der Waals surface area (Å²) in [5.41, 5.74) is 1.82. The van der Waals surface area contributed by atoms with Crippen molar-refractivity contribution >= 4 is 23.3 Å². The Morgan fingerprint density at radius 2 is 2.06 bits per heavy atom. The lowest BCUT2D eigenvalue weighted by atomic mass is 10.00. The molecule has 0 spiro atoms. The summed E-state index contributed by atoms with van der Waals surface area (Å²) in [5.74, 6) is 0.728. The molecule has 1 aliphatic heterocycles. The van der Waals surface area contributed by atoms with Crippen molar-refractivity contribution in [3.05, 3.63) is 28.8 Å². The van der Waals surface area contributed by atoms with E-state index in [1.54, 1.807) is 6.07 Å². The molecule has 0 aliphatic carbocycles. The third-order valence-electron chi connectivity index (χ3n) is 3.50. The lowest BCUT2D eigenvalue weighted by Crippen LogP contribution is -2.40. The zero-order chi connectivity index (χ0) is 13.1. The summed E-state index contributed by atoms with van der Waals surface area (Å²) < 4.78 is 0. The van der Waals surface area contributed by atoms with Gasteiger partial charge in [-0.3, -0.25) is 0 Å². The van der Waals surface area contributed by atoms with Gasteiger partial charge in [-0.1, -0.05) is 18.5 Å². The van der Waals surface area contributed by atoms with Gasteiger partial charge < -0.3 is 10.2 Å². The Bertz CT molecular complexity index is 439. The van der Waals surface area contributed by atoms with Crippen LogP contribution in [0.5, 0.6) is 0 Å². The third-order valence-corrected chi connectivity index (χ3v) is 3.74. The van der Waals surface area contributed by atoms with Crippen LogP contribution in [-0.2, 0) is 0 Å². The van der Waals surface area contributed by atoms with Gasteiger partial charge in [0.2, 0.25) is 0 Å². The zero-order valence-electron chi connectivity index (χ0n) is 10.9. The highest BCUT2D eigenvalue weighted by atomic mass is 35.5. The first-order valence-electron chi connectivity index (χ1n) is 6.38. The number of anilines is 1. The molecule has 1 fully saturated rings. The van der Waals surface area contributed by atoms with Gasteiger partial charge in [0, 0.05) is 23.8 Å². The standard InChI is InChI=1S/C14H19ClN2O/c1-10-5-7-17(8-6-10)14(18)16-13-4-3-12(15)9-11(13)2/h3-4,9-10H,5-8H2,1-2H3,(H,16,18). The van der Waals surface area contributed by atoms with Crippen LogP contribution < -0.4 is 5.32 Å². The zero-order valence-corrected chi connectivity index (χ0v) is 11.6. The van der Waals surface area contributed by atoms with Crippen molar-refractivity contribution in [3.8, 4) is 0 Å². The van der Waals surface area contributed by atoms with E-state index in [0.717, 1.165) is 43.1 Å². The molecule has 2 rings (SSSR count). The molecule has 3 nitrogen and oxygen atoms in total. The summed E-state index contributed by atoms with van der Waals surface area (Å²) in [6, 6.07) is 5.49. The molecule has 4 heteroatoms. The summed E-state index contributed by atoms with van der Waals surface area (Å²) in [5, 5.41) is 3.64. The first kappa shape index (κ1) is 13.2. The molecule has 0 bridgehead atoms. The topological polar surface area (TPSA) is 32.3 Å². The molecular formula is C14H19ClN2O. The van der Waals surface area contributed by atoms with E-state index in [1.165, 1.54) is 0 Å². The van der Waals surface area contributed by atoms with Crippen molar-refractivity contribution in [3.63, 3.8) is 0 Å². The number of amides is 2. The van der Waals surface area contributed by atoms with Gasteiger partial charge in [0.05, 0.1) is 0 Å². The van der Waals surface area contributed by atoms with Gasteiger partial charge in [-0.25, -0.2) is 4.79 Å². The van der Waals surface area contributed by atoms with Gasteiger partial charge in [-0.15, -0.1) is 0 Å². The normalized spacial score (nSPS) is 16.7. The van der Waals surface area contributed by atoms with E-state index in [0.29, 0.717) is 5.02 Å². The van der Waals surface area contributed by atoms with Crippen LogP contribution in [0.3, 0.4) is 0 Å². The van der Waals surface area contributed by atoms with Gasteiger partial charge in [0.25, 0.3) is 0 Å². The van der Waals surface area contributed by atoms with Crippen LogP contribution in [-0.4, -0.2) is 24.0 Å². The lowest BCUT2D eigenvalue weighted by Gasteiger charge is -2.30. The second kappa shape index (κ2) is 5.61. The van der Waals surface area contributed by atoms with Crippen molar-refractivity contribution in [1.29, 1.82) is 0 Å². The van der Waals surface area contributed by atoms with Crippen molar-refractivity contribution in [1.82, 2.24) is 4.90 Å². The van der Waals surface area contributed by atoms with Gasteiger partial charge in [0.1, 0.15) is 0 Å². The molecule has 0 radical (unpaired) electrons. The van der Waals surface area contributed by atoms with Crippen LogP contribution >= 0.6 is 11.6 Å². The highest BCUT2D eigenvalue weighted by Gasteiger charge is 2.20. The highest BCUT2D eigenvalue weighted by molar-refractivity contribution is 6.30. The molecule has 1 aromatic carbocycles. The van der Waals surface area contributed by atoms with Crippen LogP contribution in [0.15, 0.2) is 18.2 Å². The lowest BCUT2D eigenvalue weighted by molar-refractivity contribution is 0.186. The van der Waals surface area contributed by atoms with E-state index in [4.69, 9.17) is 11.6 Å². The minimum absolute atomic E-state index is 0.00711. The Hall–Kier alpha value is -1.22. The van der Waals surface area contributed by atoms with E-state index in [2.05, 4.69) is 12.2 Å². The number of likely N-dealkylation sites (tertiary alicyclic amines) is 1. The number of aryl methyl sites for hydroxylation is 1. The molecule has 1 N–H and O–H groups in total. The Morgan fingerprint density at radius 3 is 2.67 bits per heavy atom. The predicted octanol–water partition coefficient (Wildman–Crippen LogP) is 3.91. The number of carbonyl (C=O) groups is 1. The second-order valence-electron chi connectivity index (χ2n) is 5.06. The van der Waals surface area contributed by atoms with E-state index in [-0.39, 0.29) is 6.03 Å². The number of nitrogens with one attached hydrogen (secondary N) is 1. The number of benzene rings is 1. The highest BCUT2D eigenvalue weighted by Crippen LogP contribution is 2.21. The average Bonchev–Trinajstić information content (AvgIpc) is 2.33. The molecule has 0 aromatic heterocycles. The third kappa shape index (κ3) is 3.16. The first-order valence-corrected chi connectivity index (χ1v) is 6.76. The number of hydrogen-bond donors (Lipinski definition) is 1. The largest absolute Gasteiger partial charge is 0.325 e. The van der Waals surface area contributed by atoms with E-state index in [1.807, 2.05) is 24.0 Å². The van der Waals surface area contributed by atoms with E-state index < -0.39 is 0 Å². The Labute approximate surface area is 113 Å². The maximum atomic E-state index is 12.1. The summed E-state index contributed by atoms with van der Waals surface area (Å²) in [6.07, 6.45) is 2.18. The Morgan fingerprint density at radius 1 is 1.39 bits per heavy atom. The van der Waals surface area contributed by atoms with Crippen LogP contribution in [0.25, 0.3) is 0 Å². The minimum Gasteiger partial charge on any atom is -0.325 e. The number of carbonyl (C=O) groups excluding carboxylic acids is 1. The summed E-state index contributed by atoms with van der Waals surface area (Å²) in [4.78, 5) is 14.0. The second-order valence-corrected chi connectivity index (χ2v) is 5.50. The molecule has 0 unspecified atom stereocenters. The first-order chi connectivity index (χ1) is 8.56. The van der Waals surface area contributed by atoms with Gasteiger partial charge in [-0.2, -0.15) is 0 Å². The molecule has 2 amide bonds. The van der Waals surface area contributed by atoms with Crippen molar-refractivity contribution < 1.29 is 4.79 Å². The predicted molar refractivity (Wildman–Crippen MR) is 75.2 cm³/mol. The van der Waals surface area contributed by atoms with Gasteiger partial charge in [-0.05, 0) is 49.4 Å². The van der Waals surface area contributed by atoms with Crippen LogP contribution in [0, 0.1) is 12.8 Å². The van der Waals surface area contributed by atoms with Crippen LogP contribution in [0.1, 0.15) is 25.3 Å². The fraction of sp³-hybridized carbons (Fsp3) is 0.500. The average molecular weight is 267 g/mol. The van der Waals surface area contributed by atoms with E-state index in [9.17, 15) is 4.79 Å². The number of piperidine rings is 1. The SMILES string of the molecule is Cc1cc(Cl)ccc1NC(=O)N1CCC(C)CC1. The van der Waals surface area contributed by atoms with Crippen LogP contribution in [0.2, 0.25) is 5.02 Å². The molecule has 18 heavy (non-hydrogen) atoms.